The number of aliphatic carboxylic acids is 1. The van der Waals surface area contributed by atoms with E-state index in [1.165, 1.54) is 34.5 Å². The number of amidine groups is 1. The topological polar surface area (TPSA) is 155 Å². The minimum Gasteiger partial charge on any atom is -0.487 e. The van der Waals surface area contributed by atoms with E-state index in [2.05, 4.69) is 10.3 Å². The highest BCUT2D eigenvalue weighted by Crippen LogP contribution is 2.45. The number of rotatable bonds is 7. The zero-order valence-corrected chi connectivity index (χ0v) is 24.5. The zero-order chi connectivity index (χ0) is 30.9. The van der Waals surface area contributed by atoms with Crippen molar-refractivity contribution >= 4 is 41.1 Å². The van der Waals surface area contributed by atoms with Crippen LogP contribution in [0.25, 0.3) is 0 Å². The quantitative estimate of drug-likeness (QED) is 0.298. The molecule has 0 bridgehead atoms. The van der Waals surface area contributed by atoms with Crippen LogP contribution in [0.4, 0.5) is 4.79 Å². The summed E-state index contributed by atoms with van der Waals surface area (Å²) < 4.78 is 12.0. The number of hydrogen-bond donors (Lipinski definition) is 2. The number of benzene rings is 2. The molecule has 0 saturated carbocycles. The van der Waals surface area contributed by atoms with Crippen molar-refractivity contribution in [1.82, 2.24) is 20.1 Å². The molecule has 1 saturated heterocycles. The van der Waals surface area contributed by atoms with E-state index in [0.717, 1.165) is 5.56 Å². The van der Waals surface area contributed by atoms with Gasteiger partial charge >= 0.3 is 12.0 Å². The third-order valence-corrected chi connectivity index (χ3v) is 7.06. The Morgan fingerprint density at radius 1 is 1.16 bits per heavy atom. The molecule has 5 rings (SSSR count). The minimum absolute atomic E-state index is 0.135. The normalized spacial score (nSPS) is 18.7. The standard InChI is InChI=1S/C30H30ClN5O7/c1-30(2,3)43-22-12-18(21(37)13-25(39)40)6-9-20(22)28-34-26(17-4-7-19(31)8-5-17)27(23-14-32-16-42-23)36(28)29(41)35-11-10-33-24(38)15-35/h4-9,12,14,16,26-27H,10-11,13,15H2,1-3H3,(H,33,38)(H,39,40)/t26-,27+/m0/s1. The van der Waals surface area contributed by atoms with Gasteiger partial charge in [0.15, 0.2) is 12.2 Å². The lowest BCUT2D eigenvalue weighted by Crippen LogP contribution is -2.55. The molecular weight excluding hydrogens is 578 g/mol. The lowest BCUT2D eigenvalue weighted by Gasteiger charge is -2.35. The van der Waals surface area contributed by atoms with Crippen molar-refractivity contribution in [2.45, 2.75) is 44.9 Å². The molecule has 43 heavy (non-hydrogen) atoms. The number of piperazine rings is 1. The number of carbonyl (C=O) groups excluding carboxylic acids is 3. The van der Waals surface area contributed by atoms with E-state index < -0.39 is 41.9 Å². The van der Waals surface area contributed by atoms with Gasteiger partial charge in [0.25, 0.3) is 0 Å². The smallest absolute Gasteiger partial charge is 0.326 e. The number of Topliss-reactive ketones (excluding diaryl/α,β-unsaturated/α-hetero) is 1. The Balaban J connectivity index is 1.69. The van der Waals surface area contributed by atoms with Crippen molar-refractivity contribution < 1.29 is 33.4 Å². The number of hydrogen-bond acceptors (Lipinski definition) is 8. The second-order valence-electron chi connectivity index (χ2n) is 11.1. The SMILES string of the molecule is CC(C)(C)Oc1cc(C(=O)CC(=O)O)ccc1C1=N[C@@H](c2ccc(Cl)cc2)[C@@H](c2cnco2)N1C(=O)N1CCNC(=O)C1. The fraction of sp³-hybridized carbons (Fsp3) is 0.333. The summed E-state index contributed by atoms with van der Waals surface area (Å²) in [5.74, 6) is -1.34. The van der Waals surface area contributed by atoms with Crippen molar-refractivity contribution in [3.63, 3.8) is 0 Å². The van der Waals surface area contributed by atoms with Gasteiger partial charge in [0.2, 0.25) is 5.91 Å². The van der Waals surface area contributed by atoms with Crippen LogP contribution in [0.2, 0.25) is 5.02 Å². The van der Waals surface area contributed by atoms with Gasteiger partial charge in [-0.25, -0.2) is 9.78 Å². The molecule has 1 fully saturated rings. The van der Waals surface area contributed by atoms with E-state index in [9.17, 15) is 19.2 Å². The fourth-order valence-electron chi connectivity index (χ4n) is 5.01. The van der Waals surface area contributed by atoms with E-state index >= 15 is 0 Å². The van der Waals surface area contributed by atoms with Gasteiger partial charge in [-0.15, -0.1) is 0 Å². The molecule has 2 aliphatic rings. The van der Waals surface area contributed by atoms with Crippen LogP contribution in [0, 0.1) is 0 Å². The summed E-state index contributed by atoms with van der Waals surface area (Å²) in [6.07, 6.45) is 2.08. The molecule has 0 aliphatic carbocycles. The number of aliphatic imine (C=N–C) groups is 1. The molecule has 0 unspecified atom stereocenters. The van der Waals surface area contributed by atoms with Gasteiger partial charge in [-0.05, 0) is 50.6 Å². The highest BCUT2D eigenvalue weighted by molar-refractivity contribution is 6.30. The maximum absolute atomic E-state index is 14.3. The summed E-state index contributed by atoms with van der Waals surface area (Å²) in [6.45, 7) is 5.88. The number of ether oxygens (including phenoxy) is 1. The third kappa shape index (κ3) is 6.54. The van der Waals surface area contributed by atoms with Crippen molar-refractivity contribution in [3.8, 4) is 5.75 Å². The average molecular weight is 608 g/mol. The summed E-state index contributed by atoms with van der Waals surface area (Å²) in [7, 11) is 0. The number of nitrogens with one attached hydrogen (secondary N) is 1. The Morgan fingerprint density at radius 3 is 2.53 bits per heavy atom. The van der Waals surface area contributed by atoms with E-state index in [-0.39, 0.29) is 42.7 Å². The van der Waals surface area contributed by atoms with Gasteiger partial charge in [-0.2, -0.15) is 0 Å². The van der Waals surface area contributed by atoms with Crippen molar-refractivity contribution in [2.75, 3.05) is 19.6 Å². The van der Waals surface area contributed by atoms with Crippen LogP contribution >= 0.6 is 11.6 Å². The molecule has 13 heteroatoms. The summed E-state index contributed by atoms with van der Waals surface area (Å²) in [5.41, 5.74) is 0.525. The first-order chi connectivity index (χ1) is 20.4. The number of amides is 3. The molecule has 3 amide bonds. The number of carboxylic acid groups (broad SMARTS) is 1. The van der Waals surface area contributed by atoms with Crippen LogP contribution in [0.15, 0.2) is 64.5 Å². The Kier molecular flexibility index (Phi) is 8.23. The molecule has 224 valence electrons. The number of carboxylic acids is 1. The summed E-state index contributed by atoms with van der Waals surface area (Å²) in [6, 6.07) is 9.63. The Hall–Kier alpha value is -4.71. The molecule has 2 N–H and O–H groups in total. The van der Waals surface area contributed by atoms with E-state index in [4.69, 9.17) is 30.9 Å². The number of aromatic nitrogens is 1. The molecule has 0 spiro atoms. The number of nitrogens with zero attached hydrogens (tertiary/aromatic N) is 4. The first-order valence-corrected chi connectivity index (χ1v) is 13.9. The molecule has 2 atom stereocenters. The van der Waals surface area contributed by atoms with Gasteiger partial charge in [0, 0.05) is 23.7 Å². The first-order valence-electron chi connectivity index (χ1n) is 13.6. The van der Waals surface area contributed by atoms with Gasteiger partial charge in [0.1, 0.15) is 48.0 Å². The van der Waals surface area contributed by atoms with Crippen LogP contribution in [-0.4, -0.2) is 74.7 Å². The highest BCUT2D eigenvalue weighted by Gasteiger charge is 2.47. The predicted octanol–water partition coefficient (Wildman–Crippen LogP) is 4.26. The number of carbonyl (C=O) groups is 4. The number of ketones is 1. The van der Waals surface area contributed by atoms with Crippen LogP contribution in [0.1, 0.15) is 66.5 Å². The summed E-state index contributed by atoms with van der Waals surface area (Å²) in [4.78, 5) is 62.5. The van der Waals surface area contributed by atoms with Gasteiger partial charge < -0.3 is 24.5 Å². The van der Waals surface area contributed by atoms with Gasteiger partial charge in [-0.1, -0.05) is 29.8 Å². The number of oxazole rings is 1. The molecule has 2 aliphatic heterocycles. The van der Waals surface area contributed by atoms with E-state index in [1.807, 2.05) is 20.8 Å². The highest BCUT2D eigenvalue weighted by atomic mass is 35.5. The monoisotopic (exact) mass is 607 g/mol. The largest absolute Gasteiger partial charge is 0.487 e. The minimum atomic E-state index is -1.25. The summed E-state index contributed by atoms with van der Waals surface area (Å²) >= 11 is 6.17. The van der Waals surface area contributed by atoms with Crippen LogP contribution in [0.5, 0.6) is 5.75 Å². The van der Waals surface area contributed by atoms with Crippen molar-refractivity contribution in [1.29, 1.82) is 0 Å². The van der Waals surface area contributed by atoms with E-state index in [0.29, 0.717) is 16.3 Å². The third-order valence-electron chi connectivity index (χ3n) is 6.81. The fourth-order valence-corrected chi connectivity index (χ4v) is 5.13. The maximum atomic E-state index is 14.3. The molecule has 3 aromatic rings. The lowest BCUT2D eigenvalue weighted by molar-refractivity contribution is -0.136. The van der Waals surface area contributed by atoms with Crippen LogP contribution in [-0.2, 0) is 9.59 Å². The van der Waals surface area contributed by atoms with Crippen LogP contribution in [0.3, 0.4) is 0 Å². The zero-order valence-electron chi connectivity index (χ0n) is 23.7. The molecule has 3 heterocycles. The Morgan fingerprint density at radius 2 is 1.91 bits per heavy atom. The lowest BCUT2D eigenvalue weighted by atomic mass is 9.98. The van der Waals surface area contributed by atoms with E-state index in [1.54, 1.807) is 30.3 Å². The first kappa shape index (κ1) is 29.8. The molecule has 0 radical (unpaired) electrons. The molecular formula is C30H30ClN5O7. The average Bonchev–Trinajstić information content (AvgIpc) is 3.60. The molecule has 12 nitrogen and oxygen atoms in total. The maximum Gasteiger partial charge on any atom is 0.326 e. The Labute approximate surface area is 252 Å². The second-order valence-corrected chi connectivity index (χ2v) is 11.6. The second kappa shape index (κ2) is 11.9. The molecule has 1 aromatic heterocycles. The number of urea groups is 1. The molecule has 2 aromatic carbocycles. The number of halogens is 1. The van der Waals surface area contributed by atoms with Crippen molar-refractivity contribution in [3.05, 3.63) is 82.5 Å². The predicted molar refractivity (Wildman–Crippen MR) is 155 cm³/mol. The van der Waals surface area contributed by atoms with Gasteiger partial charge in [-0.3, -0.25) is 24.3 Å². The Bertz CT molecular complexity index is 1580. The van der Waals surface area contributed by atoms with Crippen molar-refractivity contribution in [2.24, 2.45) is 4.99 Å². The summed E-state index contributed by atoms with van der Waals surface area (Å²) in [5, 5.41) is 12.4. The van der Waals surface area contributed by atoms with Crippen LogP contribution < -0.4 is 10.1 Å². The van der Waals surface area contributed by atoms with Gasteiger partial charge in [0.05, 0.1) is 11.8 Å².